The van der Waals surface area contributed by atoms with Gasteiger partial charge in [-0.3, -0.25) is 24.2 Å². The lowest BCUT2D eigenvalue weighted by Gasteiger charge is -2.26. The Hall–Kier alpha value is -4.66. The van der Waals surface area contributed by atoms with Gasteiger partial charge in [0.1, 0.15) is 18.1 Å². The van der Waals surface area contributed by atoms with Crippen LogP contribution in [0, 0.1) is 5.92 Å². The lowest BCUT2D eigenvalue weighted by molar-refractivity contribution is -0.142. The third kappa shape index (κ3) is 11.6. The minimum absolute atomic E-state index is 0.0139. The van der Waals surface area contributed by atoms with Crippen LogP contribution in [0.4, 0.5) is 0 Å². The maximum Gasteiger partial charge on any atom is 0.326 e. The van der Waals surface area contributed by atoms with Crippen LogP contribution in [0.1, 0.15) is 51.5 Å². The molecule has 2 rings (SSSR count). The van der Waals surface area contributed by atoms with Crippen molar-refractivity contribution in [2.45, 2.75) is 76.5 Å². The number of hydrogen-bond donors (Lipinski definition) is 9. The molecule has 3 amide bonds. The van der Waals surface area contributed by atoms with Crippen molar-refractivity contribution in [3.05, 3.63) is 36.0 Å². The number of benzene rings is 1. The zero-order chi connectivity index (χ0) is 32.1. The number of nitrogens with one attached hydrogen (secondary N) is 4. The second kappa shape index (κ2) is 16.7. The van der Waals surface area contributed by atoms with E-state index >= 15 is 0 Å². The summed E-state index contributed by atoms with van der Waals surface area (Å²) in [6, 6.07) is 2.62. The first-order valence-corrected chi connectivity index (χ1v) is 14.0. The molecule has 0 bridgehead atoms. The average Bonchev–Trinajstić information content (AvgIpc) is 3.34. The van der Waals surface area contributed by atoms with Crippen molar-refractivity contribution in [2.24, 2.45) is 28.1 Å². The fourth-order valence-corrected chi connectivity index (χ4v) is 4.43. The van der Waals surface area contributed by atoms with Crippen molar-refractivity contribution >= 4 is 46.5 Å². The molecule has 4 atom stereocenters. The van der Waals surface area contributed by atoms with Crippen molar-refractivity contribution in [3.63, 3.8) is 0 Å². The number of carbonyl (C=O) groups excluding carboxylic acids is 3. The van der Waals surface area contributed by atoms with Crippen molar-refractivity contribution in [1.82, 2.24) is 20.9 Å². The van der Waals surface area contributed by atoms with E-state index in [4.69, 9.17) is 22.3 Å². The number of carboxylic acids is 2. The number of hydrogen-bond acceptors (Lipinski definition) is 7. The lowest BCUT2D eigenvalue weighted by atomic mass is 10.0. The summed E-state index contributed by atoms with van der Waals surface area (Å²) < 4.78 is 0. The Bertz CT molecular complexity index is 1310. The second-order valence-electron chi connectivity index (χ2n) is 10.7. The number of carboxylic acid groups (broad SMARTS) is 2. The van der Waals surface area contributed by atoms with Crippen molar-refractivity contribution in [2.75, 3.05) is 6.54 Å². The Morgan fingerprint density at radius 2 is 1.53 bits per heavy atom. The number of rotatable bonds is 18. The smallest absolute Gasteiger partial charge is 0.326 e. The van der Waals surface area contributed by atoms with Gasteiger partial charge in [0.05, 0.1) is 6.04 Å². The van der Waals surface area contributed by atoms with Gasteiger partial charge < -0.3 is 48.3 Å². The van der Waals surface area contributed by atoms with Crippen LogP contribution < -0.4 is 33.2 Å². The molecule has 15 heteroatoms. The fourth-order valence-electron chi connectivity index (χ4n) is 4.43. The molecule has 0 radical (unpaired) electrons. The summed E-state index contributed by atoms with van der Waals surface area (Å²) in [6.07, 6.45) is 1.76. The number of aromatic amines is 1. The molecule has 4 unspecified atom stereocenters. The molecule has 0 saturated carbocycles. The largest absolute Gasteiger partial charge is 0.481 e. The molecular weight excluding hydrogens is 560 g/mol. The first kappa shape index (κ1) is 34.5. The van der Waals surface area contributed by atoms with Gasteiger partial charge in [-0.2, -0.15) is 0 Å². The monoisotopic (exact) mass is 602 g/mol. The number of nitrogens with two attached hydrogens (primary N) is 3. The molecule has 12 N–H and O–H groups in total. The molecular formula is C28H42N8O7. The Kier molecular flexibility index (Phi) is 13.4. The highest BCUT2D eigenvalue weighted by Crippen LogP contribution is 2.19. The van der Waals surface area contributed by atoms with Crippen LogP contribution in [0.5, 0.6) is 0 Å². The van der Waals surface area contributed by atoms with Gasteiger partial charge in [-0.15, -0.1) is 0 Å². The first-order chi connectivity index (χ1) is 20.3. The van der Waals surface area contributed by atoms with Gasteiger partial charge in [0, 0.05) is 36.5 Å². The normalized spacial score (nSPS) is 13.9. The second-order valence-corrected chi connectivity index (χ2v) is 10.7. The summed E-state index contributed by atoms with van der Waals surface area (Å²) in [5.41, 5.74) is 18.1. The van der Waals surface area contributed by atoms with E-state index in [1.807, 2.05) is 38.1 Å². The highest BCUT2D eigenvalue weighted by Gasteiger charge is 2.31. The Morgan fingerprint density at radius 1 is 0.907 bits per heavy atom. The zero-order valence-electron chi connectivity index (χ0n) is 24.3. The van der Waals surface area contributed by atoms with Crippen LogP contribution in [0.15, 0.2) is 35.5 Å². The molecule has 0 aliphatic carbocycles. The van der Waals surface area contributed by atoms with Gasteiger partial charge in [0.2, 0.25) is 17.7 Å². The molecule has 43 heavy (non-hydrogen) atoms. The third-order valence-corrected chi connectivity index (χ3v) is 6.64. The van der Waals surface area contributed by atoms with Crippen LogP contribution in [0.25, 0.3) is 10.9 Å². The number of aromatic nitrogens is 1. The zero-order valence-corrected chi connectivity index (χ0v) is 24.3. The van der Waals surface area contributed by atoms with E-state index in [0.717, 1.165) is 10.9 Å². The maximum atomic E-state index is 13.4. The van der Waals surface area contributed by atoms with E-state index in [2.05, 4.69) is 25.9 Å². The number of amides is 3. The Morgan fingerprint density at radius 3 is 2.16 bits per heavy atom. The van der Waals surface area contributed by atoms with E-state index in [1.165, 1.54) is 0 Å². The van der Waals surface area contributed by atoms with Crippen LogP contribution in [0.2, 0.25) is 0 Å². The quantitative estimate of drug-likeness (QED) is 0.0602. The van der Waals surface area contributed by atoms with Gasteiger partial charge in [-0.25, -0.2) is 4.79 Å². The molecule has 15 nitrogen and oxygen atoms in total. The van der Waals surface area contributed by atoms with E-state index in [0.29, 0.717) is 5.56 Å². The summed E-state index contributed by atoms with van der Waals surface area (Å²) >= 11 is 0. The van der Waals surface area contributed by atoms with Crippen molar-refractivity contribution in [3.8, 4) is 0 Å². The number of guanidine groups is 1. The highest BCUT2D eigenvalue weighted by atomic mass is 16.4. The number of para-hydroxylation sites is 1. The summed E-state index contributed by atoms with van der Waals surface area (Å²) in [5, 5.41) is 27.3. The van der Waals surface area contributed by atoms with E-state index in [-0.39, 0.29) is 56.9 Å². The Labute approximate surface area is 249 Å². The van der Waals surface area contributed by atoms with Gasteiger partial charge in [0.15, 0.2) is 5.96 Å². The molecule has 0 spiro atoms. The predicted octanol–water partition coefficient (Wildman–Crippen LogP) is -0.459. The molecule has 1 aromatic carbocycles. The standard InChI is InChI=1S/C28H42N8O7/c1-15(2)12-21(35-24(39)18(29)9-10-23(37)38)26(41)34-20(8-5-11-32-28(30)31)25(40)36-22(27(42)43)13-16-14-33-19-7-4-3-6-17(16)19/h3-4,6-7,14-15,18,20-22,33H,5,8-13,29H2,1-2H3,(H,34,41)(H,35,39)(H,36,40)(H,37,38)(H,42,43)(H4,30,31,32). The molecule has 0 aliphatic rings. The number of fused-ring (bicyclic) bond motifs is 1. The van der Waals surface area contributed by atoms with Gasteiger partial charge >= 0.3 is 11.9 Å². The molecule has 0 saturated heterocycles. The van der Waals surface area contributed by atoms with Crippen LogP contribution in [0.3, 0.4) is 0 Å². The van der Waals surface area contributed by atoms with Crippen LogP contribution in [-0.2, 0) is 30.4 Å². The highest BCUT2D eigenvalue weighted by molar-refractivity contribution is 5.94. The molecule has 2 aromatic rings. The predicted molar refractivity (Wildman–Crippen MR) is 160 cm³/mol. The van der Waals surface area contributed by atoms with Gasteiger partial charge in [0.25, 0.3) is 0 Å². The summed E-state index contributed by atoms with van der Waals surface area (Å²) in [6.45, 7) is 3.82. The number of nitrogens with zero attached hydrogens (tertiary/aromatic N) is 1. The number of aliphatic carboxylic acids is 2. The molecule has 1 heterocycles. The number of carbonyl (C=O) groups is 5. The lowest BCUT2D eigenvalue weighted by Crippen LogP contribution is -2.57. The topological polar surface area (TPSA) is 268 Å². The molecule has 1 aromatic heterocycles. The minimum atomic E-state index is -1.30. The van der Waals surface area contributed by atoms with Crippen LogP contribution in [-0.4, -0.2) is 81.5 Å². The van der Waals surface area contributed by atoms with E-state index < -0.39 is 53.8 Å². The molecule has 236 valence electrons. The van der Waals surface area contributed by atoms with E-state index in [1.54, 1.807) is 6.20 Å². The third-order valence-electron chi connectivity index (χ3n) is 6.64. The van der Waals surface area contributed by atoms with E-state index in [9.17, 15) is 29.1 Å². The van der Waals surface area contributed by atoms with Crippen molar-refractivity contribution < 1.29 is 34.2 Å². The van der Waals surface area contributed by atoms with Crippen molar-refractivity contribution in [1.29, 1.82) is 0 Å². The maximum absolute atomic E-state index is 13.4. The first-order valence-electron chi connectivity index (χ1n) is 14.0. The molecule has 0 aliphatic heterocycles. The average molecular weight is 603 g/mol. The number of H-pyrrole nitrogens is 1. The van der Waals surface area contributed by atoms with Gasteiger partial charge in [-0.05, 0) is 43.2 Å². The summed E-state index contributed by atoms with van der Waals surface area (Å²) in [4.78, 5) is 69.3. The SMILES string of the molecule is CC(C)CC(NC(=O)C(N)CCC(=O)O)C(=O)NC(CCCN=C(N)N)C(=O)NC(Cc1c[nH]c2ccccc12)C(=O)O. The fraction of sp³-hybridized carbons (Fsp3) is 0.500. The van der Waals surface area contributed by atoms with Crippen LogP contribution >= 0.6 is 0 Å². The Balaban J connectivity index is 2.21. The minimum Gasteiger partial charge on any atom is -0.481 e. The summed E-state index contributed by atoms with van der Waals surface area (Å²) in [5.74, 6) is -4.69. The number of aliphatic imine (C=N–C) groups is 1. The summed E-state index contributed by atoms with van der Waals surface area (Å²) in [7, 11) is 0. The molecule has 0 fully saturated rings. The van der Waals surface area contributed by atoms with Gasteiger partial charge in [-0.1, -0.05) is 32.0 Å².